The summed E-state index contributed by atoms with van der Waals surface area (Å²) in [6.07, 6.45) is 2.19. The molecular formula is C14H21NO2. The molecule has 1 atom stereocenters. The number of rotatable bonds is 6. The molecule has 0 heterocycles. The molecule has 2 N–H and O–H groups in total. The molecule has 0 radical (unpaired) electrons. The normalized spacial score (nSPS) is 17.2. The fourth-order valence-electron chi connectivity index (χ4n) is 1.75. The summed E-state index contributed by atoms with van der Waals surface area (Å²) in [5.74, 6) is 0.822. The molecule has 1 unspecified atom stereocenters. The summed E-state index contributed by atoms with van der Waals surface area (Å²) in [7, 11) is 0. The molecule has 3 nitrogen and oxygen atoms in total. The summed E-state index contributed by atoms with van der Waals surface area (Å²) >= 11 is 0. The third kappa shape index (κ3) is 4.02. The van der Waals surface area contributed by atoms with Crippen molar-refractivity contribution in [3.8, 4) is 5.75 Å². The van der Waals surface area contributed by atoms with Gasteiger partial charge >= 0.3 is 0 Å². The zero-order chi connectivity index (χ0) is 12.3. The van der Waals surface area contributed by atoms with Gasteiger partial charge in [-0.05, 0) is 44.4 Å². The van der Waals surface area contributed by atoms with E-state index in [0.29, 0.717) is 12.6 Å². The lowest BCUT2D eigenvalue weighted by molar-refractivity contribution is 0.173. The van der Waals surface area contributed by atoms with Crippen LogP contribution in [0.5, 0.6) is 5.75 Å². The van der Waals surface area contributed by atoms with Crippen molar-refractivity contribution in [1.82, 2.24) is 5.32 Å². The minimum atomic E-state index is -0.452. The van der Waals surface area contributed by atoms with Crippen LogP contribution >= 0.6 is 0 Å². The molecule has 0 bridgehead atoms. The maximum Gasteiger partial charge on any atom is 0.120 e. The van der Waals surface area contributed by atoms with Crippen molar-refractivity contribution in [2.75, 3.05) is 6.54 Å². The van der Waals surface area contributed by atoms with Crippen LogP contribution in [0.1, 0.15) is 38.4 Å². The number of nitrogens with one attached hydrogen (secondary N) is 1. The van der Waals surface area contributed by atoms with Gasteiger partial charge in [-0.1, -0.05) is 12.1 Å². The molecular weight excluding hydrogens is 214 g/mol. The number of aliphatic hydroxyl groups is 1. The van der Waals surface area contributed by atoms with Crippen LogP contribution in [-0.2, 0) is 0 Å². The molecule has 1 aliphatic carbocycles. The molecule has 1 saturated carbocycles. The molecule has 0 aromatic heterocycles. The van der Waals surface area contributed by atoms with Crippen molar-refractivity contribution in [2.24, 2.45) is 0 Å². The Kier molecular flexibility index (Phi) is 4.02. The molecule has 2 rings (SSSR count). The molecule has 1 aromatic rings. The van der Waals surface area contributed by atoms with Gasteiger partial charge in [0.05, 0.1) is 12.2 Å². The first-order chi connectivity index (χ1) is 8.15. The minimum Gasteiger partial charge on any atom is -0.491 e. The summed E-state index contributed by atoms with van der Waals surface area (Å²) < 4.78 is 5.61. The highest BCUT2D eigenvalue weighted by molar-refractivity contribution is 5.30. The summed E-state index contributed by atoms with van der Waals surface area (Å²) in [4.78, 5) is 0. The molecule has 94 valence electrons. The van der Waals surface area contributed by atoms with Crippen molar-refractivity contribution in [3.05, 3.63) is 29.8 Å². The van der Waals surface area contributed by atoms with E-state index < -0.39 is 6.10 Å². The Hall–Kier alpha value is -1.06. The van der Waals surface area contributed by atoms with Crippen molar-refractivity contribution in [1.29, 1.82) is 0 Å². The molecule has 1 fully saturated rings. The molecule has 0 amide bonds. The van der Waals surface area contributed by atoms with Crippen LogP contribution in [0.4, 0.5) is 0 Å². The highest BCUT2D eigenvalue weighted by Crippen LogP contribution is 2.22. The van der Waals surface area contributed by atoms with E-state index in [-0.39, 0.29) is 6.10 Å². The monoisotopic (exact) mass is 235 g/mol. The lowest BCUT2D eigenvalue weighted by Crippen LogP contribution is -2.23. The Morgan fingerprint density at radius 1 is 1.41 bits per heavy atom. The first kappa shape index (κ1) is 12.4. The maximum absolute atomic E-state index is 10.0. The number of hydrogen-bond acceptors (Lipinski definition) is 3. The van der Waals surface area contributed by atoms with Gasteiger partial charge in [0.1, 0.15) is 5.75 Å². The van der Waals surface area contributed by atoms with Crippen LogP contribution in [0.2, 0.25) is 0 Å². The fraction of sp³-hybridized carbons (Fsp3) is 0.571. The van der Waals surface area contributed by atoms with E-state index in [0.717, 1.165) is 11.3 Å². The largest absolute Gasteiger partial charge is 0.491 e. The molecule has 0 aliphatic heterocycles. The minimum absolute atomic E-state index is 0.159. The molecule has 0 spiro atoms. The van der Waals surface area contributed by atoms with Gasteiger partial charge in [-0.3, -0.25) is 0 Å². The Balaban J connectivity index is 1.93. The van der Waals surface area contributed by atoms with Crippen molar-refractivity contribution >= 4 is 0 Å². The van der Waals surface area contributed by atoms with E-state index in [2.05, 4.69) is 5.32 Å². The Morgan fingerprint density at radius 3 is 2.82 bits per heavy atom. The van der Waals surface area contributed by atoms with Gasteiger partial charge in [0, 0.05) is 12.6 Å². The van der Waals surface area contributed by atoms with Crippen LogP contribution in [-0.4, -0.2) is 23.8 Å². The number of benzene rings is 1. The van der Waals surface area contributed by atoms with Gasteiger partial charge in [-0.2, -0.15) is 0 Å². The van der Waals surface area contributed by atoms with E-state index in [1.54, 1.807) is 0 Å². The van der Waals surface area contributed by atoms with Crippen molar-refractivity contribution in [2.45, 2.75) is 44.9 Å². The van der Waals surface area contributed by atoms with Crippen molar-refractivity contribution in [3.63, 3.8) is 0 Å². The van der Waals surface area contributed by atoms with Gasteiger partial charge < -0.3 is 15.2 Å². The van der Waals surface area contributed by atoms with Gasteiger partial charge in [0.15, 0.2) is 0 Å². The van der Waals surface area contributed by atoms with Crippen LogP contribution < -0.4 is 10.1 Å². The topological polar surface area (TPSA) is 41.5 Å². The molecule has 17 heavy (non-hydrogen) atoms. The average molecular weight is 235 g/mol. The quantitative estimate of drug-likeness (QED) is 0.794. The highest BCUT2D eigenvalue weighted by Gasteiger charge is 2.21. The number of aliphatic hydroxyl groups excluding tert-OH is 1. The molecule has 1 aromatic carbocycles. The third-order valence-electron chi connectivity index (χ3n) is 2.79. The maximum atomic E-state index is 10.0. The number of hydrogen-bond donors (Lipinski definition) is 2. The second-order valence-electron chi connectivity index (χ2n) is 4.94. The van der Waals surface area contributed by atoms with Gasteiger partial charge in [-0.25, -0.2) is 0 Å². The van der Waals surface area contributed by atoms with Crippen LogP contribution in [0.25, 0.3) is 0 Å². The summed E-state index contributed by atoms with van der Waals surface area (Å²) in [5.41, 5.74) is 0.913. The van der Waals surface area contributed by atoms with E-state index in [1.165, 1.54) is 12.8 Å². The standard InChI is InChI=1S/C14H21NO2/c1-10(2)17-13-5-3-4-11(8-13)14(16)9-15-12-6-7-12/h3-5,8,10,12,14-16H,6-7,9H2,1-2H3. The first-order valence-corrected chi connectivity index (χ1v) is 6.33. The van der Waals surface area contributed by atoms with Gasteiger partial charge in [0.25, 0.3) is 0 Å². The van der Waals surface area contributed by atoms with Gasteiger partial charge in [-0.15, -0.1) is 0 Å². The summed E-state index contributed by atoms with van der Waals surface area (Å²) in [6, 6.07) is 8.32. The average Bonchev–Trinajstić information content (AvgIpc) is 3.09. The Labute approximate surface area is 103 Å². The number of ether oxygens (including phenoxy) is 1. The lowest BCUT2D eigenvalue weighted by Gasteiger charge is -2.14. The smallest absolute Gasteiger partial charge is 0.120 e. The van der Waals surface area contributed by atoms with E-state index in [9.17, 15) is 5.11 Å². The second-order valence-corrected chi connectivity index (χ2v) is 4.94. The van der Waals surface area contributed by atoms with E-state index >= 15 is 0 Å². The van der Waals surface area contributed by atoms with Crippen LogP contribution in [0, 0.1) is 0 Å². The summed E-state index contributed by atoms with van der Waals surface area (Å²) in [5, 5.41) is 13.4. The van der Waals surface area contributed by atoms with Crippen LogP contribution in [0.15, 0.2) is 24.3 Å². The van der Waals surface area contributed by atoms with Crippen molar-refractivity contribution < 1.29 is 9.84 Å². The molecule has 0 saturated heterocycles. The fourth-order valence-corrected chi connectivity index (χ4v) is 1.75. The predicted molar refractivity (Wildman–Crippen MR) is 68.2 cm³/mol. The first-order valence-electron chi connectivity index (χ1n) is 6.33. The highest BCUT2D eigenvalue weighted by atomic mass is 16.5. The summed E-state index contributed by atoms with van der Waals surface area (Å²) in [6.45, 7) is 4.62. The molecule has 1 aliphatic rings. The van der Waals surface area contributed by atoms with E-state index in [1.807, 2.05) is 38.1 Å². The van der Waals surface area contributed by atoms with Gasteiger partial charge in [0.2, 0.25) is 0 Å². The Morgan fingerprint density at radius 2 is 2.18 bits per heavy atom. The zero-order valence-electron chi connectivity index (χ0n) is 10.5. The molecule has 3 heteroatoms. The van der Waals surface area contributed by atoms with E-state index in [4.69, 9.17) is 4.74 Å². The SMILES string of the molecule is CC(C)Oc1cccc(C(O)CNC2CC2)c1. The van der Waals surface area contributed by atoms with Crippen LogP contribution in [0.3, 0.4) is 0 Å². The predicted octanol–water partition coefficient (Wildman–Crippen LogP) is 2.26. The Bertz CT molecular complexity index is 361. The third-order valence-corrected chi connectivity index (χ3v) is 2.79. The zero-order valence-corrected chi connectivity index (χ0v) is 10.5. The second kappa shape index (κ2) is 5.52. The lowest BCUT2D eigenvalue weighted by atomic mass is 10.1.